The summed E-state index contributed by atoms with van der Waals surface area (Å²) in [4.78, 5) is 41.2. The number of para-hydroxylation sites is 1. The number of hydrogen-bond acceptors (Lipinski definition) is 9. The van der Waals surface area contributed by atoms with Crippen molar-refractivity contribution in [2.75, 3.05) is 54.6 Å². The van der Waals surface area contributed by atoms with Crippen LogP contribution in [0.1, 0.15) is 67.1 Å². The number of nitrogens with one attached hydrogen (secondary N) is 2. The smallest absolute Gasteiger partial charge is 0.319 e. The zero-order valence-electron chi connectivity index (χ0n) is 32.8. The quantitative estimate of drug-likeness (QED) is 0.161. The number of benzene rings is 2. The predicted molar refractivity (Wildman–Crippen MR) is 209 cm³/mol. The van der Waals surface area contributed by atoms with Gasteiger partial charge in [-0.1, -0.05) is 29.8 Å². The van der Waals surface area contributed by atoms with E-state index in [-0.39, 0.29) is 48.3 Å². The van der Waals surface area contributed by atoms with Gasteiger partial charge in [-0.2, -0.15) is 0 Å². The number of aliphatic hydroxyl groups excluding tert-OH is 2. The molecule has 4 fully saturated rings. The summed E-state index contributed by atoms with van der Waals surface area (Å²) in [5.74, 6) is -0.426. The first-order chi connectivity index (χ1) is 26.6. The number of allylic oxidation sites excluding steroid dienone is 1. The van der Waals surface area contributed by atoms with Crippen molar-refractivity contribution in [3.63, 3.8) is 0 Å². The lowest BCUT2D eigenvalue weighted by Gasteiger charge is -2.58. The molecule has 1 saturated carbocycles. The van der Waals surface area contributed by atoms with Crippen molar-refractivity contribution in [2.45, 2.75) is 75.5 Å². The third-order valence-electron chi connectivity index (χ3n) is 14.8. The van der Waals surface area contributed by atoms with Crippen molar-refractivity contribution in [3.05, 3.63) is 76.1 Å². The first-order valence-corrected chi connectivity index (χ1v) is 19.9. The number of piperidine rings is 3. The molecule has 10 atom stereocenters. The number of hydrogen-bond donors (Lipinski definition) is 4. The van der Waals surface area contributed by atoms with E-state index in [1.54, 1.807) is 7.11 Å². The second kappa shape index (κ2) is 13.2. The van der Waals surface area contributed by atoms with Crippen molar-refractivity contribution in [1.82, 2.24) is 19.8 Å². The molecule has 2 unspecified atom stereocenters. The minimum atomic E-state index is -1.22. The van der Waals surface area contributed by atoms with E-state index in [1.165, 1.54) is 14.2 Å². The van der Waals surface area contributed by atoms with E-state index < -0.39 is 22.9 Å². The molecule has 11 heteroatoms. The van der Waals surface area contributed by atoms with E-state index in [0.717, 1.165) is 81.4 Å². The van der Waals surface area contributed by atoms with Crippen molar-refractivity contribution >= 4 is 33.7 Å². The highest BCUT2D eigenvalue weighted by molar-refractivity contribution is 5.95. The number of likely N-dealkylation sites (N-methyl/N-ethyl adjacent to an activating group) is 1. The van der Waals surface area contributed by atoms with E-state index in [0.29, 0.717) is 31.6 Å². The minimum absolute atomic E-state index is 0.0703. The van der Waals surface area contributed by atoms with Crippen molar-refractivity contribution in [1.29, 1.82) is 0 Å². The molecule has 4 N–H and O–H groups in total. The summed E-state index contributed by atoms with van der Waals surface area (Å²) in [6, 6.07) is 12.0. The van der Waals surface area contributed by atoms with Gasteiger partial charge in [0.05, 0.1) is 39.6 Å². The molecule has 6 heterocycles. The van der Waals surface area contributed by atoms with Gasteiger partial charge in [0.2, 0.25) is 0 Å². The Morgan fingerprint density at radius 3 is 2.53 bits per heavy atom. The first-order valence-electron chi connectivity index (χ1n) is 19.9. The zero-order valence-corrected chi connectivity index (χ0v) is 32.8. The molecular formula is C44H54N4O7. The molecule has 4 aromatic rings. The standard InChI is InChI=1S/C44H54N4O7/c1-7-25-21-47(3)35-18-30-26-10-8-9-11-33(26)45-37(30)31(17-32(25)44(35,22-49)42(52)55-6)36-34(53-4)13-12-27-28-14-15-48-20-24-16-29(23(2)50)40(48)43(19-24,41(51)54-5)39(28)46-38(27)36/h7-13,23-24,29,31-32,35,40,45-46,49-50H,14-22H2,1-6H3/b25-7-/t23-,24-,29+,31+,32+,35-,40?,43+,44-/m0/s1. The average molecular weight is 751 g/mol. The van der Waals surface area contributed by atoms with Crippen LogP contribution >= 0.6 is 0 Å². The van der Waals surface area contributed by atoms with Crippen LogP contribution in [-0.4, -0.2) is 115 Å². The van der Waals surface area contributed by atoms with Crippen LogP contribution in [0.5, 0.6) is 5.75 Å². The fourth-order valence-corrected chi connectivity index (χ4v) is 12.6. The van der Waals surface area contributed by atoms with E-state index in [1.807, 2.05) is 39.1 Å². The van der Waals surface area contributed by atoms with Gasteiger partial charge in [0.15, 0.2) is 0 Å². The average Bonchev–Trinajstić information content (AvgIpc) is 3.73. The number of carbonyl (C=O) groups is 2. The Labute approximate surface area is 322 Å². The first kappa shape index (κ1) is 36.5. The molecule has 3 saturated heterocycles. The maximum Gasteiger partial charge on any atom is 0.319 e. The number of aromatic amines is 2. The molecule has 10 rings (SSSR count). The molecule has 11 nitrogen and oxygen atoms in total. The Bertz CT molecular complexity index is 2220. The van der Waals surface area contributed by atoms with Crippen molar-refractivity contribution in [3.8, 4) is 5.75 Å². The third kappa shape index (κ3) is 4.88. The van der Waals surface area contributed by atoms with Crippen molar-refractivity contribution < 1.29 is 34.0 Å². The second-order valence-electron chi connectivity index (χ2n) is 17.0. The Kier molecular flexibility index (Phi) is 8.77. The highest BCUT2D eigenvalue weighted by Crippen LogP contribution is 2.58. The fourth-order valence-electron chi connectivity index (χ4n) is 12.6. The van der Waals surface area contributed by atoms with E-state index in [4.69, 9.17) is 14.2 Å². The van der Waals surface area contributed by atoms with Crippen LogP contribution in [0.2, 0.25) is 0 Å². The number of nitrogens with zero attached hydrogens (tertiary/aromatic N) is 2. The number of carbonyl (C=O) groups excluding carboxylic acids is 2. The predicted octanol–water partition coefficient (Wildman–Crippen LogP) is 4.82. The molecule has 0 radical (unpaired) electrons. The number of aliphatic hydroxyl groups is 2. The summed E-state index contributed by atoms with van der Waals surface area (Å²) in [5, 5.41) is 24.8. The molecule has 2 aromatic carbocycles. The zero-order chi connectivity index (χ0) is 38.6. The molecular weight excluding hydrogens is 697 g/mol. The molecule has 292 valence electrons. The van der Waals surface area contributed by atoms with E-state index in [2.05, 4.69) is 44.0 Å². The number of rotatable bonds is 6. The van der Waals surface area contributed by atoms with Crippen LogP contribution in [0.3, 0.4) is 0 Å². The summed E-state index contributed by atoms with van der Waals surface area (Å²) < 4.78 is 17.6. The highest BCUT2D eigenvalue weighted by atomic mass is 16.5. The van der Waals surface area contributed by atoms with Crippen LogP contribution in [0, 0.1) is 23.2 Å². The monoisotopic (exact) mass is 750 g/mol. The maximum absolute atomic E-state index is 14.5. The van der Waals surface area contributed by atoms with Crippen LogP contribution in [0.25, 0.3) is 21.8 Å². The van der Waals surface area contributed by atoms with Crippen LogP contribution in [0.4, 0.5) is 0 Å². The Morgan fingerprint density at radius 1 is 1.04 bits per heavy atom. The van der Waals surface area contributed by atoms with Crippen LogP contribution in [0.15, 0.2) is 48.0 Å². The lowest BCUT2D eigenvalue weighted by Crippen LogP contribution is -2.68. The lowest BCUT2D eigenvalue weighted by molar-refractivity contribution is -0.169. The van der Waals surface area contributed by atoms with Gasteiger partial charge in [-0.05, 0) is 88.2 Å². The minimum Gasteiger partial charge on any atom is -0.496 e. The van der Waals surface area contributed by atoms with E-state index >= 15 is 0 Å². The largest absolute Gasteiger partial charge is 0.496 e. The number of aromatic nitrogens is 2. The lowest BCUT2D eigenvalue weighted by atomic mass is 9.56. The molecule has 2 aliphatic carbocycles. The molecule has 2 aromatic heterocycles. The van der Waals surface area contributed by atoms with Gasteiger partial charge in [0.25, 0.3) is 0 Å². The summed E-state index contributed by atoms with van der Waals surface area (Å²) in [6.07, 6.45) is 4.85. The summed E-state index contributed by atoms with van der Waals surface area (Å²) in [7, 11) is 6.65. The number of fused-ring (bicyclic) bond motifs is 9. The molecule has 0 amide bonds. The number of likely N-dealkylation sites (tertiary alicyclic amines) is 1. The maximum atomic E-state index is 14.5. The van der Waals surface area contributed by atoms with Gasteiger partial charge in [0, 0.05) is 82.7 Å². The fraction of sp³-hybridized carbons (Fsp3) is 0.545. The summed E-state index contributed by atoms with van der Waals surface area (Å²) >= 11 is 0. The third-order valence-corrected chi connectivity index (χ3v) is 14.8. The van der Waals surface area contributed by atoms with Gasteiger partial charge in [-0.3, -0.25) is 19.4 Å². The number of methoxy groups -OCH3 is 3. The molecule has 6 bridgehead atoms. The van der Waals surface area contributed by atoms with Gasteiger partial charge in [-0.15, -0.1) is 0 Å². The molecule has 6 aliphatic rings. The van der Waals surface area contributed by atoms with Crippen molar-refractivity contribution in [2.24, 2.45) is 23.2 Å². The highest BCUT2D eigenvalue weighted by Gasteiger charge is 2.64. The molecule has 55 heavy (non-hydrogen) atoms. The Hall–Kier alpha value is -4.16. The normalized spacial score (nSPS) is 34.0. The number of ether oxygens (including phenoxy) is 3. The molecule has 0 spiro atoms. The molecule has 4 aliphatic heterocycles. The van der Waals surface area contributed by atoms with Crippen LogP contribution < -0.4 is 4.74 Å². The number of esters is 2. The summed E-state index contributed by atoms with van der Waals surface area (Å²) in [6.45, 7) is 5.88. The van der Waals surface area contributed by atoms with E-state index in [9.17, 15) is 19.8 Å². The van der Waals surface area contributed by atoms with Gasteiger partial charge in [-0.25, -0.2) is 0 Å². The van der Waals surface area contributed by atoms with Gasteiger partial charge < -0.3 is 34.4 Å². The Morgan fingerprint density at radius 2 is 1.82 bits per heavy atom. The van der Waals surface area contributed by atoms with Gasteiger partial charge >= 0.3 is 11.9 Å². The van der Waals surface area contributed by atoms with Gasteiger partial charge in [0.1, 0.15) is 16.6 Å². The summed E-state index contributed by atoms with van der Waals surface area (Å²) in [5.41, 5.74) is 5.94. The van der Waals surface area contributed by atoms with Crippen LogP contribution in [-0.2, 0) is 37.3 Å². The second-order valence-corrected chi connectivity index (χ2v) is 17.0. The number of H-pyrrole nitrogens is 2. The SMILES string of the molecule is C/C=C1/CN(C)[C@H]2Cc3c([nH]c4ccccc34)[C@@H](c3c(OC)ccc4c5c([nH]c34)[C@]3(C(=O)OC)C[C@@H]4C[C@H]([C@H](C)O)C3N(CC5)C4)C[C@H]1[C@]2(CO)C(=O)OC. The Balaban J connectivity index is 1.34. The topological polar surface area (TPSA) is 140 Å².